The minimum Gasteiger partial charge on any atom is -0.381 e. The van der Waals surface area contributed by atoms with E-state index in [1.807, 2.05) is 29.2 Å². The van der Waals surface area contributed by atoms with Crippen molar-refractivity contribution in [2.75, 3.05) is 30.0 Å². The van der Waals surface area contributed by atoms with Crippen LogP contribution in [-0.4, -0.2) is 46.3 Å². The molecular formula is C24H25N5O3. The normalized spacial score (nSPS) is 16.8. The topological polar surface area (TPSA) is 89.4 Å². The van der Waals surface area contributed by atoms with Crippen molar-refractivity contribution in [3.8, 4) is 11.1 Å². The molecule has 1 aromatic carbocycles. The van der Waals surface area contributed by atoms with Crippen molar-refractivity contribution in [3.63, 3.8) is 0 Å². The van der Waals surface area contributed by atoms with Gasteiger partial charge in [-0.3, -0.25) is 14.3 Å². The highest BCUT2D eigenvalue weighted by Crippen LogP contribution is 2.48. The number of nitrogens with zero attached hydrogens (tertiary/aromatic N) is 4. The van der Waals surface area contributed by atoms with E-state index in [0.717, 1.165) is 29.7 Å². The van der Waals surface area contributed by atoms with Gasteiger partial charge in [0.15, 0.2) is 0 Å². The van der Waals surface area contributed by atoms with Crippen LogP contribution in [0.3, 0.4) is 0 Å². The van der Waals surface area contributed by atoms with Gasteiger partial charge in [-0.25, -0.2) is 4.98 Å². The molecule has 164 valence electrons. The number of ether oxygens (including phenoxy) is 1. The van der Waals surface area contributed by atoms with Gasteiger partial charge in [0.2, 0.25) is 5.91 Å². The highest BCUT2D eigenvalue weighted by molar-refractivity contribution is 6.07. The molecule has 1 spiro atoms. The van der Waals surface area contributed by atoms with E-state index in [1.54, 1.807) is 30.2 Å². The third-order valence-electron chi connectivity index (χ3n) is 6.45. The number of fused-ring (bicyclic) bond motifs is 2. The van der Waals surface area contributed by atoms with Gasteiger partial charge in [0, 0.05) is 57.2 Å². The molecule has 1 saturated heterocycles. The Morgan fingerprint density at radius 3 is 2.56 bits per heavy atom. The lowest BCUT2D eigenvalue weighted by Gasteiger charge is -2.34. The predicted molar refractivity (Wildman–Crippen MR) is 121 cm³/mol. The molecule has 2 aliphatic rings. The Morgan fingerprint density at radius 2 is 1.84 bits per heavy atom. The van der Waals surface area contributed by atoms with E-state index in [4.69, 9.17) is 4.74 Å². The lowest BCUT2D eigenvalue weighted by Crippen LogP contribution is -2.41. The number of aryl methyl sites for hydroxylation is 1. The Balaban J connectivity index is 1.57. The van der Waals surface area contributed by atoms with E-state index in [1.165, 1.54) is 12.5 Å². The summed E-state index contributed by atoms with van der Waals surface area (Å²) in [6.07, 6.45) is 5.07. The lowest BCUT2D eigenvalue weighted by molar-refractivity contribution is -0.114. The van der Waals surface area contributed by atoms with Gasteiger partial charge in [0.05, 0.1) is 0 Å². The smallest absolute Gasteiger partial charge is 0.276 e. The van der Waals surface area contributed by atoms with Gasteiger partial charge in [-0.05, 0) is 59.9 Å². The highest BCUT2D eigenvalue weighted by Gasteiger charge is 2.46. The Labute approximate surface area is 186 Å². The molecule has 2 aromatic heterocycles. The minimum atomic E-state index is -0.158. The van der Waals surface area contributed by atoms with Gasteiger partial charge in [0.1, 0.15) is 11.5 Å². The number of aromatic nitrogens is 3. The van der Waals surface area contributed by atoms with Crippen molar-refractivity contribution in [2.45, 2.75) is 25.2 Å². The molecule has 3 aromatic rings. The standard InChI is InChI=1S/C24H25N5O3/c1-16(30)27-22-14-18(5-9-25-22)17-3-4-20-19(13-17)24(7-11-32-12-8-24)15-29(20)23(31)21-6-10-26-28(21)2/h3-6,9-10,13-14H,7-8,11-12,15H2,1-2H3,(H,25,27,30). The SMILES string of the molecule is CC(=O)Nc1cc(-c2ccc3c(c2)C2(CCOCC2)CN3C(=O)c2ccnn2C)ccn1. The number of pyridine rings is 1. The molecule has 2 amide bonds. The average molecular weight is 431 g/mol. The first kappa shape index (κ1) is 20.4. The summed E-state index contributed by atoms with van der Waals surface area (Å²) in [4.78, 5) is 30.9. The number of anilines is 2. The van der Waals surface area contributed by atoms with E-state index in [0.29, 0.717) is 31.3 Å². The van der Waals surface area contributed by atoms with Gasteiger partial charge in [-0.1, -0.05) is 6.07 Å². The number of hydrogen-bond acceptors (Lipinski definition) is 5. The van der Waals surface area contributed by atoms with Crippen LogP contribution in [0.25, 0.3) is 11.1 Å². The average Bonchev–Trinajstić information content (AvgIpc) is 3.35. The summed E-state index contributed by atoms with van der Waals surface area (Å²) < 4.78 is 7.28. The van der Waals surface area contributed by atoms with Crippen LogP contribution in [-0.2, 0) is 22.0 Å². The molecule has 8 nitrogen and oxygen atoms in total. The van der Waals surface area contributed by atoms with E-state index in [9.17, 15) is 9.59 Å². The summed E-state index contributed by atoms with van der Waals surface area (Å²) in [6, 6.07) is 11.8. The monoisotopic (exact) mass is 431 g/mol. The lowest BCUT2D eigenvalue weighted by atomic mass is 9.75. The van der Waals surface area contributed by atoms with Gasteiger partial charge >= 0.3 is 0 Å². The molecule has 0 saturated carbocycles. The zero-order valence-corrected chi connectivity index (χ0v) is 18.2. The zero-order valence-electron chi connectivity index (χ0n) is 18.2. The predicted octanol–water partition coefficient (Wildman–Crippen LogP) is 3.15. The van der Waals surface area contributed by atoms with Crippen molar-refractivity contribution in [1.82, 2.24) is 14.8 Å². The Morgan fingerprint density at radius 1 is 1.06 bits per heavy atom. The molecule has 4 heterocycles. The molecule has 5 rings (SSSR count). The zero-order chi connectivity index (χ0) is 22.3. The molecule has 2 aliphatic heterocycles. The number of amides is 2. The number of nitrogens with one attached hydrogen (secondary N) is 1. The van der Waals surface area contributed by atoms with E-state index >= 15 is 0 Å². The van der Waals surface area contributed by atoms with Crippen molar-refractivity contribution >= 4 is 23.3 Å². The van der Waals surface area contributed by atoms with Crippen LogP contribution >= 0.6 is 0 Å². The first-order valence-corrected chi connectivity index (χ1v) is 10.7. The first-order valence-electron chi connectivity index (χ1n) is 10.7. The van der Waals surface area contributed by atoms with Crippen LogP contribution in [0.5, 0.6) is 0 Å². The second-order valence-electron chi connectivity index (χ2n) is 8.47. The van der Waals surface area contributed by atoms with Crippen LogP contribution in [0, 0.1) is 0 Å². The maximum Gasteiger partial charge on any atom is 0.276 e. The van der Waals surface area contributed by atoms with Gasteiger partial charge in [-0.2, -0.15) is 5.10 Å². The van der Waals surface area contributed by atoms with E-state index in [-0.39, 0.29) is 17.2 Å². The summed E-state index contributed by atoms with van der Waals surface area (Å²) in [5.41, 5.74) is 4.54. The third-order valence-corrected chi connectivity index (χ3v) is 6.45. The maximum atomic E-state index is 13.4. The molecule has 0 radical (unpaired) electrons. The number of rotatable bonds is 3. The fourth-order valence-electron chi connectivity index (χ4n) is 4.80. The van der Waals surface area contributed by atoms with Crippen LogP contribution in [0.2, 0.25) is 0 Å². The summed E-state index contributed by atoms with van der Waals surface area (Å²) in [6.45, 7) is 3.46. The molecule has 0 aliphatic carbocycles. The molecular weight excluding hydrogens is 406 g/mol. The molecule has 0 atom stereocenters. The summed E-state index contributed by atoms with van der Waals surface area (Å²) in [7, 11) is 1.79. The van der Waals surface area contributed by atoms with E-state index in [2.05, 4.69) is 21.5 Å². The molecule has 1 N–H and O–H groups in total. The highest BCUT2D eigenvalue weighted by atomic mass is 16.5. The number of carbonyl (C=O) groups is 2. The molecule has 32 heavy (non-hydrogen) atoms. The third kappa shape index (κ3) is 3.46. The van der Waals surface area contributed by atoms with Crippen molar-refractivity contribution in [3.05, 3.63) is 60.0 Å². The Hall–Kier alpha value is -3.52. The van der Waals surface area contributed by atoms with Crippen LogP contribution < -0.4 is 10.2 Å². The van der Waals surface area contributed by atoms with Crippen molar-refractivity contribution in [2.24, 2.45) is 7.05 Å². The quantitative estimate of drug-likeness (QED) is 0.688. The fourth-order valence-corrected chi connectivity index (χ4v) is 4.80. The fraction of sp³-hybridized carbons (Fsp3) is 0.333. The number of carbonyl (C=O) groups excluding carboxylic acids is 2. The number of benzene rings is 1. The summed E-state index contributed by atoms with van der Waals surface area (Å²) >= 11 is 0. The van der Waals surface area contributed by atoms with Crippen molar-refractivity contribution < 1.29 is 14.3 Å². The van der Waals surface area contributed by atoms with Gasteiger partial charge < -0.3 is 15.0 Å². The van der Waals surface area contributed by atoms with Crippen LogP contribution in [0.15, 0.2) is 48.8 Å². The van der Waals surface area contributed by atoms with Crippen LogP contribution in [0.1, 0.15) is 35.8 Å². The molecule has 8 heteroatoms. The van der Waals surface area contributed by atoms with Crippen LogP contribution in [0.4, 0.5) is 11.5 Å². The Bertz CT molecular complexity index is 1200. The minimum absolute atomic E-state index is 0.0424. The van der Waals surface area contributed by atoms with E-state index < -0.39 is 0 Å². The molecule has 0 bridgehead atoms. The maximum absolute atomic E-state index is 13.4. The summed E-state index contributed by atoms with van der Waals surface area (Å²) in [5.74, 6) is 0.317. The molecule has 0 unspecified atom stereocenters. The summed E-state index contributed by atoms with van der Waals surface area (Å²) in [5, 5.41) is 6.90. The molecule has 1 fully saturated rings. The number of hydrogen-bond donors (Lipinski definition) is 1. The van der Waals surface area contributed by atoms with Crippen molar-refractivity contribution in [1.29, 1.82) is 0 Å². The second-order valence-corrected chi connectivity index (χ2v) is 8.47. The first-order chi connectivity index (χ1) is 15.5. The van der Waals surface area contributed by atoms with Gasteiger partial charge in [-0.15, -0.1) is 0 Å². The largest absolute Gasteiger partial charge is 0.381 e. The second kappa shape index (κ2) is 7.87. The van der Waals surface area contributed by atoms with Gasteiger partial charge in [0.25, 0.3) is 5.91 Å². The Kier molecular flexibility index (Phi) is 5.01.